The second kappa shape index (κ2) is 15.1. The molecule has 0 amide bonds. The summed E-state index contributed by atoms with van der Waals surface area (Å²) >= 11 is 0. The van der Waals surface area contributed by atoms with Gasteiger partial charge in [-0.25, -0.2) is 0 Å². The Morgan fingerprint density at radius 3 is 1.67 bits per heavy atom. The van der Waals surface area contributed by atoms with Gasteiger partial charge in [-0.1, -0.05) is 182 Å². The maximum absolute atomic E-state index is 11.0. The second-order valence-corrected chi connectivity index (χ2v) is 14.9. The molecular weight excluding hydrogens is 783 g/mol. The van der Waals surface area contributed by atoms with Gasteiger partial charge in [-0.2, -0.15) is 15.0 Å². The first-order valence-electron chi connectivity index (χ1n) is 28.2. The summed E-state index contributed by atoms with van der Waals surface area (Å²) in [4.78, 5) is 14.9. The number of hydrogen-bond acceptors (Lipinski definition) is 4. The van der Waals surface area contributed by atoms with Crippen molar-refractivity contribution in [3.8, 4) is 40.2 Å². The summed E-state index contributed by atoms with van der Waals surface area (Å²) < 4.78 is 149. The molecule has 0 radical (unpaired) electrons. The molecule has 0 saturated heterocycles. The summed E-state index contributed by atoms with van der Waals surface area (Å²) in [5.41, 5.74) is -0.567. The minimum Gasteiger partial charge on any atom is -0.508 e. The monoisotopic (exact) mass is 837 g/mol. The predicted molar refractivity (Wildman–Crippen MR) is 259 cm³/mol. The predicted octanol–water partition coefficient (Wildman–Crippen LogP) is 13.5. The van der Waals surface area contributed by atoms with E-state index < -0.39 is 113 Å². The minimum absolute atomic E-state index is 0.0535. The third-order valence-electron chi connectivity index (χ3n) is 11.5. The van der Waals surface area contributed by atoms with E-state index in [1.807, 2.05) is 0 Å². The molecule has 6 nitrogen and oxygen atoms in total. The van der Waals surface area contributed by atoms with Gasteiger partial charge in [-0.3, -0.25) is 9.13 Å². The molecule has 0 bridgehead atoms. The zero-order chi connectivity index (χ0) is 56.5. The van der Waals surface area contributed by atoms with Crippen LogP contribution in [0.4, 0.5) is 0 Å². The molecule has 0 fully saturated rings. The first-order chi connectivity index (χ1) is 38.3. The highest BCUT2D eigenvalue weighted by Gasteiger charge is 2.39. The van der Waals surface area contributed by atoms with E-state index >= 15 is 0 Å². The molecule has 1 N–H and O–H groups in total. The topological polar surface area (TPSA) is 68.8 Å². The number of benzene rings is 9. The molecule has 0 atom stereocenters. The Balaban J connectivity index is 1.26. The fourth-order valence-electron chi connectivity index (χ4n) is 8.76. The van der Waals surface area contributed by atoms with E-state index in [9.17, 15) is 13.3 Å². The molecule has 9 aromatic carbocycles. The second-order valence-electron chi connectivity index (χ2n) is 14.9. The van der Waals surface area contributed by atoms with E-state index in [4.69, 9.17) is 28.7 Å². The Morgan fingerprint density at radius 2 is 0.969 bits per heavy atom. The molecule has 64 heavy (non-hydrogen) atoms. The Hall–Kier alpha value is -8.61. The lowest BCUT2D eigenvalue weighted by atomic mass is 9.64. The summed E-state index contributed by atoms with van der Waals surface area (Å²) in [5.74, 6) is -1.84. The van der Waals surface area contributed by atoms with Crippen LogP contribution in [0.2, 0.25) is 0 Å². The van der Waals surface area contributed by atoms with Gasteiger partial charge < -0.3 is 5.11 Å². The fourth-order valence-corrected chi connectivity index (χ4v) is 8.76. The van der Waals surface area contributed by atoms with Gasteiger partial charge in [0, 0.05) is 27.1 Å². The van der Waals surface area contributed by atoms with Gasteiger partial charge in [0.1, 0.15) is 5.75 Å². The van der Waals surface area contributed by atoms with Crippen molar-refractivity contribution in [3.63, 3.8) is 0 Å². The molecule has 12 aromatic rings. The maximum atomic E-state index is 11.0. The Labute approximate surface area is 392 Å². The van der Waals surface area contributed by atoms with Crippen LogP contribution in [-0.4, -0.2) is 29.2 Å². The molecule has 0 aliphatic heterocycles. The number of para-hydroxylation sites is 3. The van der Waals surface area contributed by atoms with Gasteiger partial charge in [0.15, 0.2) is 5.82 Å². The highest BCUT2D eigenvalue weighted by molar-refractivity contribution is 6.10. The van der Waals surface area contributed by atoms with E-state index in [-0.39, 0.29) is 62.0 Å². The van der Waals surface area contributed by atoms with Crippen molar-refractivity contribution < 1.29 is 27.0 Å². The van der Waals surface area contributed by atoms with Crippen molar-refractivity contribution >= 4 is 43.6 Å². The molecule has 0 saturated carbocycles. The molecule has 302 valence electrons. The molecule has 0 aliphatic carbocycles. The maximum Gasteiger partial charge on any atom is 0.240 e. The van der Waals surface area contributed by atoms with E-state index in [0.717, 1.165) is 0 Å². The number of hydrogen-bond donors (Lipinski definition) is 1. The third-order valence-corrected chi connectivity index (χ3v) is 11.5. The number of fused-ring (bicyclic) bond motifs is 6. The largest absolute Gasteiger partial charge is 0.508 e. The van der Waals surface area contributed by atoms with Crippen LogP contribution in [0, 0.1) is 0 Å². The van der Waals surface area contributed by atoms with Crippen LogP contribution in [-0.2, 0) is 5.41 Å². The SMILES string of the molecule is [2H]c1c([2H])c([2H])c(-c2cccc(C(c3ccccc3)(c3ccccc3)c3c([2H])c([2H])c([2H])c(-c4nc(-n5c6ccccc6c6c([2H])c([2H])c([2H])c([2H])c65)nc(-n5c6ccccc6c6c([2H])c(O)c([2H])c([2H])c65)n4)c3[2H])c2)c([2H])c1[2H]. The molecule has 3 aromatic heterocycles. The van der Waals surface area contributed by atoms with Gasteiger partial charge in [-0.15, -0.1) is 0 Å². The Kier molecular flexibility index (Phi) is 5.69. The molecular formula is C58H39N5O. The van der Waals surface area contributed by atoms with E-state index in [0.29, 0.717) is 33.0 Å². The third kappa shape index (κ3) is 5.92. The van der Waals surface area contributed by atoms with Crippen LogP contribution in [0.25, 0.3) is 78.0 Å². The molecule has 0 aliphatic rings. The molecule has 0 spiro atoms. The highest BCUT2D eigenvalue weighted by Crippen LogP contribution is 2.47. The summed E-state index contributed by atoms with van der Waals surface area (Å²) in [6, 6.07) is 28.9. The Morgan fingerprint density at radius 1 is 0.391 bits per heavy atom. The normalized spacial score (nSPS) is 15.3. The first kappa shape index (κ1) is 24.1. The summed E-state index contributed by atoms with van der Waals surface area (Å²) in [5, 5.41) is 11.9. The first-order valence-corrected chi connectivity index (χ1v) is 20.2. The number of nitrogens with zero attached hydrogens (tertiary/aromatic N) is 5. The molecule has 12 rings (SSSR count). The fraction of sp³-hybridized carbons (Fsp3) is 0.0172. The number of rotatable bonds is 8. The Bertz CT molecular complexity index is 4420. The minimum atomic E-state index is -1.79. The van der Waals surface area contributed by atoms with Crippen LogP contribution in [0.3, 0.4) is 0 Å². The van der Waals surface area contributed by atoms with Crippen molar-refractivity contribution in [2.45, 2.75) is 5.41 Å². The van der Waals surface area contributed by atoms with Crippen molar-refractivity contribution in [1.29, 1.82) is 0 Å². The van der Waals surface area contributed by atoms with Crippen molar-refractivity contribution in [2.75, 3.05) is 0 Å². The lowest BCUT2D eigenvalue weighted by molar-refractivity contribution is 0.476. The number of phenolic OH excluding ortho intramolecular Hbond substituents is 1. The van der Waals surface area contributed by atoms with E-state index in [2.05, 4.69) is 0 Å². The van der Waals surface area contributed by atoms with Crippen molar-refractivity contribution in [1.82, 2.24) is 24.1 Å². The standard InChI is InChI=1S/C58H39N5O/c64-46-34-35-54-50(38-46)49-30-12-15-33-53(49)63(54)57-60-55(59-56(61-57)62-51-31-13-10-28-47(51)48-29-11-14-32-52(48)62)41-21-17-27-45(37-41)58(42-22-6-2-7-23-42,43-24-8-3-9-25-43)44-26-16-20-40(36-44)39-18-4-1-5-19-39/h1-38,64H/i1D,4D,5D,10D,13D,17D,18D,19D,21D,27D,28D,31D,34D,35D,37D,38D. The molecule has 6 heteroatoms. The van der Waals surface area contributed by atoms with Crippen molar-refractivity contribution in [2.24, 2.45) is 0 Å². The molecule has 0 unspecified atom stereocenters. The van der Waals surface area contributed by atoms with E-state index in [1.165, 1.54) is 9.13 Å². The lowest BCUT2D eigenvalue weighted by Gasteiger charge is -2.37. The summed E-state index contributed by atoms with van der Waals surface area (Å²) in [6.07, 6.45) is 0. The van der Waals surface area contributed by atoms with Gasteiger partial charge in [0.2, 0.25) is 11.9 Å². The van der Waals surface area contributed by atoms with Crippen LogP contribution >= 0.6 is 0 Å². The smallest absolute Gasteiger partial charge is 0.240 e. The van der Waals surface area contributed by atoms with E-state index in [1.54, 1.807) is 133 Å². The lowest BCUT2D eigenvalue weighted by Crippen LogP contribution is -2.31. The number of aromatic nitrogens is 5. The van der Waals surface area contributed by atoms with Crippen LogP contribution in [0.15, 0.2) is 230 Å². The number of phenols is 1. The zero-order valence-electron chi connectivity index (χ0n) is 49.4. The highest BCUT2D eigenvalue weighted by atomic mass is 16.3. The number of aromatic hydroxyl groups is 1. The van der Waals surface area contributed by atoms with Gasteiger partial charge >= 0.3 is 0 Å². The quantitative estimate of drug-likeness (QED) is 0.155. The zero-order valence-corrected chi connectivity index (χ0v) is 33.4. The molecule has 3 heterocycles. The van der Waals surface area contributed by atoms with Crippen LogP contribution in [0.5, 0.6) is 5.75 Å². The van der Waals surface area contributed by atoms with Crippen LogP contribution < -0.4 is 0 Å². The van der Waals surface area contributed by atoms with Gasteiger partial charge in [-0.05, 0) is 81.8 Å². The van der Waals surface area contributed by atoms with Crippen LogP contribution in [0.1, 0.15) is 44.2 Å². The average molecular weight is 838 g/mol. The summed E-state index contributed by atoms with van der Waals surface area (Å²) in [7, 11) is 0. The van der Waals surface area contributed by atoms with Gasteiger partial charge in [0.25, 0.3) is 0 Å². The average Bonchev–Trinajstić information content (AvgIpc) is 4.17. The van der Waals surface area contributed by atoms with Gasteiger partial charge in [0.05, 0.1) is 49.4 Å². The van der Waals surface area contributed by atoms with Crippen molar-refractivity contribution in [3.05, 3.63) is 252 Å². The summed E-state index contributed by atoms with van der Waals surface area (Å²) in [6.45, 7) is 0.